The van der Waals surface area contributed by atoms with Gasteiger partial charge in [0.2, 0.25) is 0 Å². The molecule has 0 atom stereocenters. The highest BCUT2D eigenvalue weighted by Gasteiger charge is 1.85. The summed E-state index contributed by atoms with van der Waals surface area (Å²) >= 11 is 0. The fourth-order valence-corrected chi connectivity index (χ4v) is 0.447. The van der Waals surface area contributed by atoms with Gasteiger partial charge in [0.25, 0.3) is 0 Å². The second kappa shape index (κ2) is 6.92. The molecule has 0 radical (unpaired) electrons. The molecule has 0 aliphatic carbocycles. The van der Waals surface area contributed by atoms with E-state index in [9.17, 15) is 0 Å². The molecule has 0 amide bonds. The van der Waals surface area contributed by atoms with Gasteiger partial charge in [-0.05, 0) is 0 Å². The van der Waals surface area contributed by atoms with Crippen LogP contribution in [0.25, 0.3) is 0 Å². The molecule has 0 unspecified atom stereocenters. The largest absolute Gasteiger partial charge is 0.582 e. The van der Waals surface area contributed by atoms with Gasteiger partial charge in [0.1, 0.15) is 13.2 Å². The van der Waals surface area contributed by atoms with Gasteiger partial charge in [0, 0.05) is 12.8 Å². The minimum Gasteiger partial charge on any atom is -0.582 e. The Hall–Kier alpha value is -0.0800. The van der Waals surface area contributed by atoms with Crippen molar-refractivity contribution in [3.8, 4) is 0 Å². The Labute approximate surface area is 50.8 Å². The first-order valence-electron chi connectivity index (χ1n) is 2.76. The van der Waals surface area contributed by atoms with Gasteiger partial charge in [-0.25, -0.2) is 0 Å². The minimum absolute atomic E-state index is 0.857. The maximum absolute atomic E-state index is 3.70. The zero-order valence-corrected chi connectivity index (χ0v) is 5.14. The third-order valence-corrected chi connectivity index (χ3v) is 0.882. The summed E-state index contributed by atoms with van der Waals surface area (Å²) in [6.45, 7) is 1.71. The molecule has 8 heavy (non-hydrogen) atoms. The van der Waals surface area contributed by atoms with E-state index in [0.717, 1.165) is 26.1 Å². The monoisotopic (exact) mass is 118 g/mol. The molecule has 2 N–H and O–H groups in total. The zero-order chi connectivity index (χ0) is 6.24. The first kappa shape index (κ1) is 7.92. The van der Waals surface area contributed by atoms with Gasteiger partial charge in [-0.1, -0.05) is 14.2 Å². The SMILES string of the molecule is [CH2-][OH+]CCCC[OH+][CH2-]. The predicted molar refractivity (Wildman–Crippen MR) is 34.1 cm³/mol. The summed E-state index contributed by atoms with van der Waals surface area (Å²) in [5, 5.41) is 0. The van der Waals surface area contributed by atoms with Crippen LogP contribution < -0.4 is 0 Å². The van der Waals surface area contributed by atoms with Crippen molar-refractivity contribution < 1.29 is 9.47 Å². The van der Waals surface area contributed by atoms with Gasteiger partial charge < -0.3 is 9.47 Å². The topological polar surface area (TPSA) is 25.6 Å². The van der Waals surface area contributed by atoms with Crippen LogP contribution in [0.1, 0.15) is 12.8 Å². The molecule has 0 aromatic carbocycles. The maximum Gasteiger partial charge on any atom is 0.119 e. The van der Waals surface area contributed by atoms with Crippen molar-refractivity contribution in [3.05, 3.63) is 14.2 Å². The van der Waals surface area contributed by atoms with Crippen LogP contribution in [0.15, 0.2) is 0 Å². The lowest BCUT2D eigenvalue weighted by molar-refractivity contribution is 0.0258. The van der Waals surface area contributed by atoms with E-state index in [1.807, 2.05) is 0 Å². The molecular weight excluding hydrogens is 104 g/mol. The molecule has 0 saturated carbocycles. The van der Waals surface area contributed by atoms with E-state index in [4.69, 9.17) is 0 Å². The molecule has 0 heterocycles. The van der Waals surface area contributed by atoms with E-state index in [0.29, 0.717) is 0 Å². The fraction of sp³-hybridized carbons (Fsp3) is 0.667. The highest BCUT2D eigenvalue weighted by atomic mass is 16.5. The van der Waals surface area contributed by atoms with Crippen LogP contribution in [-0.2, 0) is 0 Å². The molecule has 2 nitrogen and oxygen atoms in total. The third kappa shape index (κ3) is 5.92. The lowest BCUT2D eigenvalue weighted by atomic mass is 10.3. The molecule has 0 aromatic heterocycles. The minimum atomic E-state index is 0.857. The fourth-order valence-electron chi connectivity index (χ4n) is 0.447. The van der Waals surface area contributed by atoms with E-state index in [-0.39, 0.29) is 0 Å². The molecule has 2 heteroatoms. The second-order valence-corrected chi connectivity index (χ2v) is 1.60. The van der Waals surface area contributed by atoms with Crippen molar-refractivity contribution in [3.63, 3.8) is 0 Å². The molecule has 0 fully saturated rings. The normalized spacial score (nSPS) is 9.75. The van der Waals surface area contributed by atoms with Crippen LogP contribution in [0.2, 0.25) is 0 Å². The smallest absolute Gasteiger partial charge is 0.119 e. The van der Waals surface area contributed by atoms with E-state index >= 15 is 0 Å². The van der Waals surface area contributed by atoms with E-state index < -0.39 is 0 Å². The first-order valence-corrected chi connectivity index (χ1v) is 2.76. The number of ether oxygens (including phenoxy) is 2. The summed E-state index contributed by atoms with van der Waals surface area (Å²) in [5.41, 5.74) is 0. The Morgan fingerprint density at radius 1 is 0.875 bits per heavy atom. The summed E-state index contributed by atoms with van der Waals surface area (Å²) in [6.07, 6.45) is 2.17. The average Bonchev–Trinajstić information content (AvgIpc) is 1.81. The lowest BCUT2D eigenvalue weighted by Gasteiger charge is -1.99. The highest BCUT2D eigenvalue weighted by Crippen LogP contribution is 1.85. The van der Waals surface area contributed by atoms with Crippen LogP contribution in [0, 0.1) is 14.2 Å². The van der Waals surface area contributed by atoms with Crippen LogP contribution in [0.5, 0.6) is 0 Å². The van der Waals surface area contributed by atoms with Gasteiger partial charge in [-0.3, -0.25) is 0 Å². The zero-order valence-electron chi connectivity index (χ0n) is 5.14. The molecule has 0 saturated heterocycles. The Morgan fingerprint density at radius 2 is 1.25 bits per heavy atom. The standard InChI is InChI=1S/C6H14O2/c1-7-5-3-4-6-8-2/h7-8H,1-6H2. The van der Waals surface area contributed by atoms with Crippen LogP contribution in [0.4, 0.5) is 0 Å². The number of unbranched alkanes of at least 4 members (excludes halogenated alkanes) is 1. The average molecular weight is 118 g/mol. The van der Waals surface area contributed by atoms with Crippen molar-refractivity contribution in [2.75, 3.05) is 13.2 Å². The predicted octanol–water partition coefficient (Wildman–Crippen LogP) is 0.406. The van der Waals surface area contributed by atoms with Crippen molar-refractivity contribution in [1.82, 2.24) is 0 Å². The molecule has 0 aliphatic rings. The third-order valence-electron chi connectivity index (χ3n) is 0.882. The lowest BCUT2D eigenvalue weighted by Crippen LogP contribution is -1.96. The molecule has 0 aliphatic heterocycles. The van der Waals surface area contributed by atoms with Gasteiger partial charge in [-0.15, -0.1) is 0 Å². The molecule has 0 rings (SSSR count). The first-order chi connectivity index (χ1) is 3.91. The molecule has 0 spiro atoms. The van der Waals surface area contributed by atoms with Gasteiger partial charge >= 0.3 is 0 Å². The molecular formula is C6H14O2. The summed E-state index contributed by atoms with van der Waals surface area (Å²) in [4.78, 5) is 0. The van der Waals surface area contributed by atoms with E-state index in [1.165, 1.54) is 0 Å². The van der Waals surface area contributed by atoms with Gasteiger partial charge in [0.15, 0.2) is 0 Å². The molecule has 0 bridgehead atoms. The van der Waals surface area contributed by atoms with Crippen molar-refractivity contribution >= 4 is 0 Å². The van der Waals surface area contributed by atoms with E-state index in [2.05, 4.69) is 23.7 Å². The van der Waals surface area contributed by atoms with Crippen LogP contribution in [-0.4, -0.2) is 22.7 Å². The van der Waals surface area contributed by atoms with Gasteiger partial charge in [0.05, 0.1) is 0 Å². The summed E-state index contributed by atoms with van der Waals surface area (Å²) < 4.78 is 7.39. The van der Waals surface area contributed by atoms with Crippen LogP contribution in [0.3, 0.4) is 0 Å². The summed E-state index contributed by atoms with van der Waals surface area (Å²) in [6, 6.07) is 0. The quantitative estimate of drug-likeness (QED) is 0.284. The number of hydrogen-bond acceptors (Lipinski definition) is 0. The number of rotatable bonds is 5. The Bertz CT molecular complexity index is 31.5. The van der Waals surface area contributed by atoms with Gasteiger partial charge in [-0.2, -0.15) is 0 Å². The second-order valence-electron chi connectivity index (χ2n) is 1.60. The van der Waals surface area contributed by atoms with Crippen molar-refractivity contribution in [1.29, 1.82) is 0 Å². The van der Waals surface area contributed by atoms with Crippen molar-refractivity contribution in [2.45, 2.75) is 12.8 Å². The van der Waals surface area contributed by atoms with Crippen LogP contribution >= 0.6 is 0 Å². The number of aliphatic hydroxyl groups is 4. The van der Waals surface area contributed by atoms with E-state index in [1.54, 1.807) is 0 Å². The molecule has 50 valence electrons. The highest BCUT2D eigenvalue weighted by molar-refractivity contribution is 4.34. The molecule has 0 aromatic rings. The summed E-state index contributed by atoms with van der Waals surface area (Å²) in [7, 11) is 6.72. The summed E-state index contributed by atoms with van der Waals surface area (Å²) in [5.74, 6) is 0. The Morgan fingerprint density at radius 3 is 1.50 bits per heavy atom. The Balaban J connectivity index is 2.53. The Kier molecular flexibility index (Phi) is 6.85. The van der Waals surface area contributed by atoms with Crippen molar-refractivity contribution in [2.24, 2.45) is 0 Å². The number of hydrogen-bond donors (Lipinski definition) is 0. The maximum atomic E-state index is 3.70.